The van der Waals surface area contributed by atoms with Crippen molar-refractivity contribution in [2.75, 3.05) is 26.8 Å². The van der Waals surface area contributed by atoms with Gasteiger partial charge in [0.25, 0.3) is 0 Å². The highest BCUT2D eigenvalue weighted by molar-refractivity contribution is 14.0. The molecule has 0 radical (unpaired) electrons. The van der Waals surface area contributed by atoms with Crippen LogP contribution in [-0.4, -0.2) is 51.0 Å². The lowest BCUT2D eigenvalue weighted by atomic mass is 9.46. The zero-order valence-electron chi connectivity index (χ0n) is 16.2. The van der Waals surface area contributed by atoms with E-state index < -0.39 is 0 Å². The van der Waals surface area contributed by atoms with Crippen LogP contribution in [0, 0.1) is 11.3 Å². The smallest absolute Gasteiger partial charge is 0.191 e. The summed E-state index contributed by atoms with van der Waals surface area (Å²) in [5, 5.41) is 7.22. The molecule has 2 N–H and O–H groups in total. The molecule has 4 fully saturated rings. The molecule has 0 aromatic carbocycles. The second-order valence-electron chi connectivity index (χ2n) is 8.44. The minimum absolute atomic E-state index is 0. The Morgan fingerprint density at radius 2 is 1.96 bits per heavy atom. The van der Waals surface area contributed by atoms with Gasteiger partial charge in [-0.25, -0.2) is 0 Å². The molecule has 0 aromatic heterocycles. The molecule has 0 amide bonds. The summed E-state index contributed by atoms with van der Waals surface area (Å²) in [6.45, 7) is 2.73. The number of nitrogens with zero attached hydrogens (tertiary/aromatic N) is 1. The van der Waals surface area contributed by atoms with Gasteiger partial charge in [0.05, 0.1) is 12.2 Å². The van der Waals surface area contributed by atoms with Gasteiger partial charge in [-0.05, 0) is 38.5 Å². The topological polar surface area (TPSA) is 54.9 Å². The summed E-state index contributed by atoms with van der Waals surface area (Å²) in [6, 6.07) is 0.554. The maximum absolute atomic E-state index is 6.01. The fourth-order valence-corrected chi connectivity index (χ4v) is 5.56. The second-order valence-corrected chi connectivity index (χ2v) is 8.44. The zero-order valence-corrected chi connectivity index (χ0v) is 18.5. The molecule has 3 aliphatic carbocycles. The van der Waals surface area contributed by atoms with Crippen molar-refractivity contribution in [1.82, 2.24) is 10.6 Å². The first-order valence-corrected chi connectivity index (χ1v) is 10.5. The van der Waals surface area contributed by atoms with Gasteiger partial charge in [-0.1, -0.05) is 25.7 Å². The Kier molecular flexibility index (Phi) is 7.48. The van der Waals surface area contributed by atoms with E-state index in [1.54, 1.807) is 0 Å². The van der Waals surface area contributed by atoms with Crippen LogP contribution in [0.15, 0.2) is 4.99 Å². The van der Waals surface area contributed by atoms with E-state index in [4.69, 9.17) is 9.47 Å². The second kappa shape index (κ2) is 9.41. The Morgan fingerprint density at radius 1 is 1.15 bits per heavy atom. The lowest BCUT2D eigenvalue weighted by molar-refractivity contribution is -0.171. The van der Waals surface area contributed by atoms with Crippen LogP contribution in [0.4, 0.5) is 0 Å². The Labute approximate surface area is 175 Å². The number of hydrogen-bond donors (Lipinski definition) is 2. The molecule has 0 aromatic rings. The van der Waals surface area contributed by atoms with E-state index in [0.29, 0.717) is 29.6 Å². The number of guanidine groups is 1. The standard InChI is InChI=1S/C20H35N3O2.HI/c1-21-19(22-12-6-13-24-15-7-3-2-4-8-15)23-17-16-9-14-25-18(16)20(17)10-5-11-20;/h15-18H,2-14H2,1H3,(H2,21,22,23);1H. The van der Waals surface area contributed by atoms with Crippen molar-refractivity contribution >= 4 is 29.9 Å². The molecule has 3 saturated carbocycles. The highest BCUT2D eigenvalue weighted by Gasteiger charge is 2.66. The molecule has 6 heteroatoms. The summed E-state index contributed by atoms with van der Waals surface area (Å²) in [6.07, 6.45) is 13.8. The quantitative estimate of drug-likeness (QED) is 0.266. The summed E-state index contributed by atoms with van der Waals surface area (Å²) in [5.41, 5.74) is 0.406. The van der Waals surface area contributed by atoms with E-state index in [9.17, 15) is 0 Å². The number of nitrogens with one attached hydrogen (secondary N) is 2. The van der Waals surface area contributed by atoms with Gasteiger partial charge in [-0.2, -0.15) is 0 Å². The molecule has 1 saturated heterocycles. The van der Waals surface area contributed by atoms with Crippen molar-refractivity contribution in [1.29, 1.82) is 0 Å². The maximum Gasteiger partial charge on any atom is 0.191 e. The van der Waals surface area contributed by atoms with Crippen LogP contribution < -0.4 is 10.6 Å². The fraction of sp³-hybridized carbons (Fsp3) is 0.950. The van der Waals surface area contributed by atoms with Gasteiger partial charge in [0.2, 0.25) is 0 Å². The van der Waals surface area contributed by atoms with Crippen molar-refractivity contribution in [3.8, 4) is 0 Å². The van der Waals surface area contributed by atoms with Gasteiger partial charge in [0.15, 0.2) is 5.96 Å². The van der Waals surface area contributed by atoms with Gasteiger partial charge in [0.1, 0.15) is 0 Å². The van der Waals surface area contributed by atoms with E-state index in [2.05, 4.69) is 15.6 Å². The molecule has 4 aliphatic rings. The van der Waals surface area contributed by atoms with E-state index in [0.717, 1.165) is 32.1 Å². The maximum atomic E-state index is 6.01. The summed E-state index contributed by atoms with van der Waals surface area (Å²) in [4.78, 5) is 4.45. The van der Waals surface area contributed by atoms with Crippen LogP contribution in [0.5, 0.6) is 0 Å². The largest absolute Gasteiger partial charge is 0.378 e. The first-order chi connectivity index (χ1) is 12.3. The number of rotatable bonds is 6. The molecule has 150 valence electrons. The molecule has 1 heterocycles. The van der Waals surface area contributed by atoms with Gasteiger partial charge < -0.3 is 20.1 Å². The van der Waals surface area contributed by atoms with E-state index in [1.165, 1.54) is 57.8 Å². The average molecular weight is 477 g/mol. The lowest BCUT2D eigenvalue weighted by Gasteiger charge is -2.63. The molecule has 4 rings (SSSR count). The summed E-state index contributed by atoms with van der Waals surface area (Å²) in [5.74, 6) is 1.65. The van der Waals surface area contributed by atoms with Crippen molar-refractivity contribution < 1.29 is 9.47 Å². The Balaban J connectivity index is 0.00000196. The zero-order chi connectivity index (χ0) is 17.1. The highest BCUT2D eigenvalue weighted by Crippen LogP contribution is 2.62. The molecular weight excluding hydrogens is 441 g/mol. The predicted octanol–water partition coefficient (Wildman–Crippen LogP) is 3.47. The van der Waals surface area contributed by atoms with Gasteiger partial charge in [-0.3, -0.25) is 4.99 Å². The van der Waals surface area contributed by atoms with Crippen LogP contribution in [0.25, 0.3) is 0 Å². The van der Waals surface area contributed by atoms with Gasteiger partial charge in [-0.15, -0.1) is 24.0 Å². The van der Waals surface area contributed by atoms with Crippen molar-refractivity contribution in [3.05, 3.63) is 0 Å². The van der Waals surface area contributed by atoms with E-state index in [-0.39, 0.29) is 24.0 Å². The first kappa shape index (κ1) is 20.6. The van der Waals surface area contributed by atoms with Crippen molar-refractivity contribution in [2.45, 2.75) is 82.5 Å². The van der Waals surface area contributed by atoms with Crippen molar-refractivity contribution in [3.63, 3.8) is 0 Å². The van der Waals surface area contributed by atoms with Crippen LogP contribution >= 0.6 is 24.0 Å². The van der Waals surface area contributed by atoms with Crippen LogP contribution in [0.1, 0.15) is 64.2 Å². The van der Waals surface area contributed by atoms with Gasteiger partial charge >= 0.3 is 0 Å². The number of aliphatic imine (C=N–C) groups is 1. The molecule has 3 atom stereocenters. The number of ether oxygens (including phenoxy) is 2. The summed E-state index contributed by atoms with van der Waals surface area (Å²) in [7, 11) is 1.88. The normalized spacial score (nSPS) is 33.0. The number of hydrogen-bond acceptors (Lipinski definition) is 3. The third-order valence-corrected chi connectivity index (χ3v) is 7.07. The third kappa shape index (κ3) is 4.02. The Hall–Kier alpha value is -0.0800. The van der Waals surface area contributed by atoms with Gasteiger partial charge in [0, 0.05) is 44.2 Å². The Morgan fingerprint density at radius 3 is 2.65 bits per heavy atom. The molecule has 0 bridgehead atoms. The molecular formula is C20H36IN3O2. The SMILES string of the molecule is CN=C(NCCCOC1CCCCC1)NC1C2CCOC2C12CCC2.I. The minimum atomic E-state index is 0. The fourth-order valence-electron chi connectivity index (χ4n) is 5.56. The average Bonchev–Trinajstić information content (AvgIpc) is 3.02. The van der Waals surface area contributed by atoms with Crippen LogP contribution in [0.2, 0.25) is 0 Å². The third-order valence-electron chi connectivity index (χ3n) is 7.07. The molecule has 3 unspecified atom stereocenters. The molecule has 26 heavy (non-hydrogen) atoms. The predicted molar refractivity (Wildman–Crippen MR) is 115 cm³/mol. The summed E-state index contributed by atoms with van der Waals surface area (Å²) >= 11 is 0. The summed E-state index contributed by atoms with van der Waals surface area (Å²) < 4.78 is 12.0. The van der Waals surface area contributed by atoms with Crippen LogP contribution in [-0.2, 0) is 9.47 Å². The van der Waals surface area contributed by atoms with E-state index in [1.807, 2.05) is 7.05 Å². The van der Waals surface area contributed by atoms with Crippen LogP contribution in [0.3, 0.4) is 0 Å². The monoisotopic (exact) mass is 477 g/mol. The molecule has 1 aliphatic heterocycles. The molecule has 1 spiro atoms. The van der Waals surface area contributed by atoms with E-state index >= 15 is 0 Å². The first-order valence-electron chi connectivity index (χ1n) is 10.5. The lowest BCUT2D eigenvalue weighted by Crippen LogP contribution is -2.72. The minimum Gasteiger partial charge on any atom is -0.378 e. The number of fused-ring (bicyclic) bond motifs is 2. The number of halogens is 1. The molecule has 5 nitrogen and oxygen atoms in total. The Bertz CT molecular complexity index is 478. The van der Waals surface area contributed by atoms with Crippen molar-refractivity contribution in [2.24, 2.45) is 16.3 Å². The highest BCUT2D eigenvalue weighted by atomic mass is 127.